The third-order valence-corrected chi connectivity index (χ3v) is 2.45. The van der Waals surface area contributed by atoms with Crippen LogP contribution in [0.25, 0.3) is 0 Å². The second-order valence-electron chi connectivity index (χ2n) is 4.02. The van der Waals surface area contributed by atoms with Gasteiger partial charge in [0, 0.05) is 6.04 Å². The SMILES string of the molecule is CCCNCC(=O)NC1CC(C)C1. The Hall–Kier alpha value is -0.570. The molecule has 1 amide bonds. The van der Waals surface area contributed by atoms with E-state index in [1.165, 1.54) is 0 Å². The van der Waals surface area contributed by atoms with Crippen molar-refractivity contribution in [3.63, 3.8) is 0 Å². The van der Waals surface area contributed by atoms with Crippen molar-refractivity contribution < 1.29 is 4.79 Å². The van der Waals surface area contributed by atoms with Crippen LogP contribution in [-0.4, -0.2) is 25.0 Å². The van der Waals surface area contributed by atoms with Gasteiger partial charge in [-0.05, 0) is 31.7 Å². The van der Waals surface area contributed by atoms with Gasteiger partial charge in [-0.3, -0.25) is 4.79 Å². The summed E-state index contributed by atoms with van der Waals surface area (Å²) in [6, 6.07) is 0.450. The van der Waals surface area contributed by atoms with Crippen LogP contribution in [0.4, 0.5) is 0 Å². The number of hydrogen-bond donors (Lipinski definition) is 2. The molecule has 0 aromatic rings. The smallest absolute Gasteiger partial charge is 0.234 e. The number of amides is 1. The lowest BCUT2D eigenvalue weighted by molar-refractivity contribution is -0.121. The van der Waals surface area contributed by atoms with Crippen molar-refractivity contribution in [1.29, 1.82) is 0 Å². The molecule has 0 aromatic heterocycles. The van der Waals surface area contributed by atoms with Gasteiger partial charge in [0.2, 0.25) is 5.91 Å². The van der Waals surface area contributed by atoms with Crippen LogP contribution < -0.4 is 10.6 Å². The first kappa shape index (κ1) is 10.5. The molecule has 0 spiro atoms. The van der Waals surface area contributed by atoms with E-state index in [0.717, 1.165) is 31.7 Å². The van der Waals surface area contributed by atoms with Crippen LogP contribution in [0.2, 0.25) is 0 Å². The number of hydrogen-bond acceptors (Lipinski definition) is 2. The van der Waals surface area contributed by atoms with E-state index < -0.39 is 0 Å². The minimum atomic E-state index is 0.144. The third-order valence-electron chi connectivity index (χ3n) is 2.45. The molecule has 1 fully saturated rings. The maximum absolute atomic E-state index is 11.3. The van der Waals surface area contributed by atoms with Gasteiger partial charge < -0.3 is 10.6 Å². The average Bonchev–Trinajstić information content (AvgIpc) is 2.02. The van der Waals surface area contributed by atoms with E-state index in [-0.39, 0.29) is 5.91 Å². The predicted octanol–water partition coefficient (Wildman–Crippen LogP) is 0.901. The van der Waals surface area contributed by atoms with E-state index >= 15 is 0 Å². The summed E-state index contributed by atoms with van der Waals surface area (Å²) in [5.74, 6) is 0.944. The Bertz CT molecular complexity index is 164. The summed E-state index contributed by atoms with van der Waals surface area (Å²) in [6.45, 7) is 5.71. The molecule has 0 aromatic carbocycles. The minimum absolute atomic E-state index is 0.144. The Kier molecular flexibility index (Phi) is 4.22. The largest absolute Gasteiger partial charge is 0.352 e. The lowest BCUT2D eigenvalue weighted by Crippen LogP contribution is -2.46. The molecule has 3 heteroatoms. The molecule has 0 saturated heterocycles. The fourth-order valence-electron chi connectivity index (χ4n) is 1.68. The monoisotopic (exact) mass is 184 g/mol. The molecule has 2 N–H and O–H groups in total. The first-order valence-electron chi connectivity index (χ1n) is 5.22. The first-order valence-corrected chi connectivity index (χ1v) is 5.22. The molecule has 1 aliphatic carbocycles. The van der Waals surface area contributed by atoms with Crippen molar-refractivity contribution in [3.05, 3.63) is 0 Å². The van der Waals surface area contributed by atoms with E-state index in [0.29, 0.717) is 12.6 Å². The third kappa shape index (κ3) is 3.77. The van der Waals surface area contributed by atoms with Gasteiger partial charge in [0.05, 0.1) is 6.54 Å². The van der Waals surface area contributed by atoms with Gasteiger partial charge in [-0.25, -0.2) is 0 Å². The minimum Gasteiger partial charge on any atom is -0.352 e. The topological polar surface area (TPSA) is 41.1 Å². The molecule has 1 aliphatic rings. The van der Waals surface area contributed by atoms with Gasteiger partial charge in [-0.1, -0.05) is 13.8 Å². The maximum atomic E-state index is 11.3. The number of carbonyl (C=O) groups excluding carboxylic acids is 1. The van der Waals surface area contributed by atoms with Gasteiger partial charge in [-0.15, -0.1) is 0 Å². The second-order valence-corrected chi connectivity index (χ2v) is 4.02. The maximum Gasteiger partial charge on any atom is 0.234 e. The molecule has 3 nitrogen and oxygen atoms in total. The zero-order chi connectivity index (χ0) is 9.68. The molecule has 1 rings (SSSR count). The Morgan fingerprint density at radius 3 is 2.69 bits per heavy atom. The molecular formula is C10H20N2O. The lowest BCUT2D eigenvalue weighted by Gasteiger charge is -2.33. The molecule has 13 heavy (non-hydrogen) atoms. The van der Waals surface area contributed by atoms with Crippen molar-refractivity contribution >= 4 is 5.91 Å². The highest BCUT2D eigenvalue weighted by molar-refractivity contribution is 5.78. The highest BCUT2D eigenvalue weighted by atomic mass is 16.1. The molecule has 0 aliphatic heterocycles. The van der Waals surface area contributed by atoms with Crippen LogP contribution in [0.15, 0.2) is 0 Å². The molecule has 0 unspecified atom stereocenters. The van der Waals surface area contributed by atoms with E-state index in [1.54, 1.807) is 0 Å². The van der Waals surface area contributed by atoms with Crippen molar-refractivity contribution in [2.45, 2.75) is 39.2 Å². The van der Waals surface area contributed by atoms with Crippen molar-refractivity contribution in [1.82, 2.24) is 10.6 Å². The predicted molar refractivity (Wildman–Crippen MR) is 53.5 cm³/mol. The van der Waals surface area contributed by atoms with E-state index in [2.05, 4.69) is 24.5 Å². The van der Waals surface area contributed by atoms with Crippen LogP contribution >= 0.6 is 0 Å². The summed E-state index contributed by atoms with van der Waals surface area (Å²) < 4.78 is 0. The van der Waals surface area contributed by atoms with Gasteiger partial charge in [0.15, 0.2) is 0 Å². The molecule has 0 atom stereocenters. The zero-order valence-corrected chi connectivity index (χ0v) is 8.60. The summed E-state index contributed by atoms with van der Waals surface area (Å²) >= 11 is 0. The zero-order valence-electron chi connectivity index (χ0n) is 8.60. The number of rotatable bonds is 5. The fourth-order valence-corrected chi connectivity index (χ4v) is 1.68. The summed E-state index contributed by atoms with van der Waals surface area (Å²) in [6.07, 6.45) is 3.38. The second kappa shape index (κ2) is 5.22. The van der Waals surface area contributed by atoms with Gasteiger partial charge in [-0.2, -0.15) is 0 Å². The Morgan fingerprint density at radius 2 is 2.15 bits per heavy atom. The fraction of sp³-hybridized carbons (Fsp3) is 0.900. The van der Waals surface area contributed by atoms with Crippen LogP contribution in [-0.2, 0) is 4.79 Å². The lowest BCUT2D eigenvalue weighted by atomic mass is 9.82. The van der Waals surface area contributed by atoms with Crippen LogP contribution in [0.1, 0.15) is 33.1 Å². The molecule has 0 heterocycles. The number of nitrogens with one attached hydrogen (secondary N) is 2. The Balaban J connectivity index is 1.98. The number of carbonyl (C=O) groups is 1. The summed E-state index contributed by atoms with van der Waals surface area (Å²) in [4.78, 5) is 11.3. The van der Waals surface area contributed by atoms with E-state index in [4.69, 9.17) is 0 Å². The molecule has 0 radical (unpaired) electrons. The van der Waals surface area contributed by atoms with E-state index in [1.807, 2.05) is 0 Å². The van der Waals surface area contributed by atoms with Crippen LogP contribution in [0, 0.1) is 5.92 Å². The quantitative estimate of drug-likeness (QED) is 0.623. The molecule has 76 valence electrons. The van der Waals surface area contributed by atoms with Crippen molar-refractivity contribution in [2.75, 3.05) is 13.1 Å². The normalized spacial score (nSPS) is 26.6. The van der Waals surface area contributed by atoms with Crippen molar-refractivity contribution in [2.24, 2.45) is 5.92 Å². The van der Waals surface area contributed by atoms with Gasteiger partial charge in [0.25, 0.3) is 0 Å². The highest BCUT2D eigenvalue weighted by Gasteiger charge is 2.26. The summed E-state index contributed by atoms with van der Waals surface area (Å²) in [5.41, 5.74) is 0. The van der Waals surface area contributed by atoms with E-state index in [9.17, 15) is 4.79 Å². The average molecular weight is 184 g/mol. The van der Waals surface area contributed by atoms with Crippen LogP contribution in [0.3, 0.4) is 0 Å². The molecule has 0 bridgehead atoms. The van der Waals surface area contributed by atoms with Crippen molar-refractivity contribution in [3.8, 4) is 0 Å². The molecule has 1 saturated carbocycles. The van der Waals surface area contributed by atoms with Gasteiger partial charge in [0.1, 0.15) is 0 Å². The highest BCUT2D eigenvalue weighted by Crippen LogP contribution is 2.25. The Labute approximate surface area is 80.3 Å². The molecular weight excluding hydrogens is 164 g/mol. The van der Waals surface area contributed by atoms with Gasteiger partial charge >= 0.3 is 0 Å². The standard InChI is InChI=1S/C10H20N2O/c1-3-4-11-7-10(13)12-9-5-8(2)6-9/h8-9,11H,3-7H2,1-2H3,(H,12,13). The first-order chi connectivity index (χ1) is 6.22. The summed E-state index contributed by atoms with van der Waals surface area (Å²) in [5, 5.41) is 6.09. The Morgan fingerprint density at radius 1 is 1.46 bits per heavy atom. The van der Waals surface area contributed by atoms with Crippen LogP contribution in [0.5, 0.6) is 0 Å². The summed E-state index contributed by atoms with van der Waals surface area (Å²) in [7, 11) is 0.